The van der Waals surface area contributed by atoms with Gasteiger partial charge >= 0.3 is 5.97 Å². The molecule has 2 aromatic rings. The van der Waals surface area contributed by atoms with Gasteiger partial charge in [0.05, 0.1) is 12.2 Å². The summed E-state index contributed by atoms with van der Waals surface area (Å²) in [5.74, 6) is -0.574. The quantitative estimate of drug-likeness (QED) is 0.171. The van der Waals surface area contributed by atoms with Crippen molar-refractivity contribution in [2.24, 2.45) is 0 Å². The minimum Gasteiger partial charge on any atom is -0.462 e. The standard InChI is InChI=1S/C31H36N2O4S.C2H6O/c1-4-25(12-6-9-16-29(34)33-27-14-10-11-21-32-30(27)35)38-28-15-8-7-13-26(28)22(3)23-17-19-24(20-18-23)31(36)37-5-2;1-2-3/h4,6-9,13,15,17-20,27H,3,5,10-12,14,16,21H2,1-2H3,(H,32,35)(H,33,34);3H,2H2,1H3/b9-6-,25-4+;. The average molecular weight is 579 g/mol. The molecule has 41 heavy (non-hydrogen) atoms. The first-order valence-electron chi connectivity index (χ1n) is 14.1. The fourth-order valence-electron chi connectivity index (χ4n) is 4.06. The monoisotopic (exact) mass is 578 g/mol. The van der Waals surface area contributed by atoms with Gasteiger partial charge in [0.25, 0.3) is 0 Å². The molecule has 0 saturated carbocycles. The molecule has 1 heterocycles. The number of amides is 2. The number of aliphatic hydroxyl groups is 1. The lowest BCUT2D eigenvalue weighted by atomic mass is 9.98. The van der Waals surface area contributed by atoms with Gasteiger partial charge in [-0.1, -0.05) is 66.9 Å². The molecule has 3 N–H and O–H groups in total. The van der Waals surface area contributed by atoms with Gasteiger partial charge in [-0.2, -0.15) is 0 Å². The Morgan fingerprint density at radius 2 is 1.73 bits per heavy atom. The van der Waals surface area contributed by atoms with Crippen LogP contribution in [0, 0.1) is 0 Å². The van der Waals surface area contributed by atoms with Crippen molar-refractivity contribution in [2.45, 2.75) is 63.8 Å². The number of hydrogen-bond donors (Lipinski definition) is 3. The van der Waals surface area contributed by atoms with Crippen LogP contribution in [-0.2, 0) is 14.3 Å². The summed E-state index contributed by atoms with van der Waals surface area (Å²) in [4.78, 5) is 38.5. The van der Waals surface area contributed by atoms with Gasteiger partial charge in [0.1, 0.15) is 6.04 Å². The molecule has 1 unspecified atom stereocenters. The van der Waals surface area contributed by atoms with Crippen molar-refractivity contribution in [3.8, 4) is 0 Å². The Morgan fingerprint density at radius 3 is 2.41 bits per heavy atom. The number of carbonyl (C=O) groups excluding carboxylic acids is 3. The predicted octanol–water partition coefficient (Wildman–Crippen LogP) is 6.04. The Hall–Kier alpha value is -3.62. The number of allylic oxidation sites excluding steroid dienone is 3. The number of hydrogen-bond acceptors (Lipinski definition) is 6. The lowest BCUT2D eigenvalue weighted by Crippen LogP contribution is -2.45. The largest absolute Gasteiger partial charge is 0.462 e. The zero-order valence-corrected chi connectivity index (χ0v) is 25.1. The average Bonchev–Trinajstić information content (AvgIpc) is 3.18. The second-order valence-electron chi connectivity index (χ2n) is 9.23. The molecule has 220 valence electrons. The Balaban J connectivity index is 0.00000187. The fourth-order valence-corrected chi connectivity index (χ4v) is 5.09. The van der Waals surface area contributed by atoms with E-state index in [9.17, 15) is 14.4 Å². The van der Waals surface area contributed by atoms with Crippen LogP contribution in [0.1, 0.15) is 74.4 Å². The van der Waals surface area contributed by atoms with E-state index >= 15 is 0 Å². The molecule has 1 fully saturated rings. The number of rotatable bonds is 11. The van der Waals surface area contributed by atoms with Crippen LogP contribution in [0.5, 0.6) is 0 Å². The molecule has 0 bridgehead atoms. The summed E-state index contributed by atoms with van der Waals surface area (Å²) in [6, 6.07) is 14.9. The third kappa shape index (κ3) is 11.4. The molecule has 1 aliphatic heterocycles. The van der Waals surface area contributed by atoms with Crippen LogP contribution in [0.2, 0.25) is 0 Å². The normalized spacial score (nSPS) is 15.3. The minimum absolute atomic E-state index is 0.0948. The van der Waals surface area contributed by atoms with Gasteiger partial charge in [-0.15, -0.1) is 0 Å². The van der Waals surface area contributed by atoms with Crippen molar-refractivity contribution >= 4 is 35.1 Å². The molecule has 2 amide bonds. The molecule has 0 aromatic heterocycles. The van der Waals surface area contributed by atoms with Crippen LogP contribution >= 0.6 is 11.8 Å². The van der Waals surface area contributed by atoms with Crippen molar-refractivity contribution in [3.05, 3.63) is 94.9 Å². The highest BCUT2D eigenvalue weighted by Crippen LogP contribution is 2.36. The Morgan fingerprint density at radius 1 is 1.07 bits per heavy atom. The Kier molecular flexibility index (Phi) is 15.3. The summed E-state index contributed by atoms with van der Waals surface area (Å²) in [5, 5.41) is 13.3. The molecule has 2 aromatic carbocycles. The highest BCUT2D eigenvalue weighted by atomic mass is 32.2. The smallest absolute Gasteiger partial charge is 0.338 e. The molecule has 0 radical (unpaired) electrons. The number of aliphatic hydroxyl groups excluding tert-OH is 1. The molecule has 0 aliphatic carbocycles. The summed E-state index contributed by atoms with van der Waals surface area (Å²) in [7, 11) is 0. The Labute approximate surface area is 248 Å². The number of ether oxygens (including phenoxy) is 1. The van der Waals surface area contributed by atoms with Crippen LogP contribution in [0.3, 0.4) is 0 Å². The van der Waals surface area contributed by atoms with Gasteiger partial charge in [0, 0.05) is 24.5 Å². The van der Waals surface area contributed by atoms with Crippen molar-refractivity contribution in [1.29, 1.82) is 0 Å². The van der Waals surface area contributed by atoms with E-state index in [1.165, 1.54) is 0 Å². The second-order valence-corrected chi connectivity index (χ2v) is 10.4. The molecule has 8 heteroatoms. The predicted molar refractivity (Wildman–Crippen MR) is 167 cm³/mol. The number of thioether (sulfide) groups is 1. The van der Waals surface area contributed by atoms with E-state index in [-0.39, 0.29) is 30.8 Å². The number of benzene rings is 2. The summed E-state index contributed by atoms with van der Waals surface area (Å²) in [6.07, 6.45) is 9.38. The van der Waals surface area contributed by atoms with Crippen LogP contribution in [-0.4, -0.2) is 48.7 Å². The maximum Gasteiger partial charge on any atom is 0.338 e. The van der Waals surface area contributed by atoms with E-state index in [1.807, 2.05) is 49.4 Å². The first kappa shape index (κ1) is 33.6. The zero-order chi connectivity index (χ0) is 30.0. The third-order valence-electron chi connectivity index (χ3n) is 6.18. The van der Waals surface area contributed by atoms with Crippen LogP contribution in [0.25, 0.3) is 5.57 Å². The lowest BCUT2D eigenvalue weighted by molar-refractivity contribution is -0.128. The molecule has 7 nitrogen and oxygen atoms in total. The molecule has 0 spiro atoms. The van der Waals surface area contributed by atoms with E-state index in [1.54, 1.807) is 37.7 Å². The van der Waals surface area contributed by atoms with Gasteiger partial charge in [-0.3, -0.25) is 9.59 Å². The van der Waals surface area contributed by atoms with E-state index in [0.29, 0.717) is 31.6 Å². The summed E-state index contributed by atoms with van der Waals surface area (Å²) in [5.41, 5.74) is 3.33. The van der Waals surface area contributed by atoms with Crippen LogP contribution < -0.4 is 10.6 Å². The van der Waals surface area contributed by atoms with Gasteiger partial charge in [0.2, 0.25) is 11.8 Å². The highest BCUT2D eigenvalue weighted by molar-refractivity contribution is 8.03. The molecular formula is C33H42N2O5S. The lowest BCUT2D eigenvalue weighted by Gasteiger charge is -2.14. The maximum atomic E-state index is 12.3. The Bertz CT molecular complexity index is 1220. The first-order valence-corrected chi connectivity index (χ1v) is 14.9. The van der Waals surface area contributed by atoms with Gasteiger partial charge in [-0.05, 0) is 86.3 Å². The van der Waals surface area contributed by atoms with Crippen molar-refractivity contribution in [1.82, 2.24) is 10.6 Å². The summed E-state index contributed by atoms with van der Waals surface area (Å²) < 4.78 is 5.07. The topological polar surface area (TPSA) is 105 Å². The van der Waals surface area contributed by atoms with E-state index in [2.05, 4.69) is 29.4 Å². The van der Waals surface area contributed by atoms with Crippen molar-refractivity contribution in [3.63, 3.8) is 0 Å². The first-order chi connectivity index (χ1) is 19.8. The van der Waals surface area contributed by atoms with Gasteiger partial charge in [-0.25, -0.2) is 4.79 Å². The fraction of sp³-hybridized carbons (Fsp3) is 0.364. The van der Waals surface area contributed by atoms with Crippen molar-refractivity contribution in [2.75, 3.05) is 19.8 Å². The molecular weight excluding hydrogens is 536 g/mol. The summed E-state index contributed by atoms with van der Waals surface area (Å²) in [6.45, 7) is 11.0. The van der Waals surface area contributed by atoms with Gasteiger partial charge in [0.15, 0.2) is 0 Å². The second kappa shape index (κ2) is 18.7. The molecule has 3 rings (SSSR count). The SMILES string of the molecule is C=C(c1ccc(C(=O)OCC)cc1)c1ccccc1S/C(=C/C)C/C=C\CC(=O)NC1CCCCNC1=O.CCO. The summed E-state index contributed by atoms with van der Waals surface area (Å²) >= 11 is 1.66. The van der Waals surface area contributed by atoms with E-state index in [4.69, 9.17) is 9.84 Å². The number of esters is 1. The highest BCUT2D eigenvalue weighted by Gasteiger charge is 2.21. The van der Waals surface area contributed by atoms with Crippen molar-refractivity contribution < 1.29 is 24.2 Å². The minimum atomic E-state index is -0.439. The maximum absolute atomic E-state index is 12.3. The molecule has 1 aliphatic rings. The third-order valence-corrected chi connectivity index (χ3v) is 7.42. The van der Waals surface area contributed by atoms with E-state index < -0.39 is 6.04 Å². The molecule has 1 saturated heterocycles. The number of nitrogens with one attached hydrogen (secondary N) is 2. The van der Waals surface area contributed by atoms with Gasteiger partial charge < -0.3 is 20.5 Å². The van der Waals surface area contributed by atoms with Crippen LogP contribution in [0.15, 0.2) is 83.1 Å². The molecule has 1 atom stereocenters. The van der Waals surface area contributed by atoms with Crippen LogP contribution in [0.4, 0.5) is 0 Å². The van der Waals surface area contributed by atoms with E-state index in [0.717, 1.165) is 39.3 Å². The number of carbonyl (C=O) groups is 3. The zero-order valence-electron chi connectivity index (χ0n) is 24.3.